The van der Waals surface area contributed by atoms with Crippen LogP contribution in [0.5, 0.6) is 5.75 Å². The van der Waals surface area contributed by atoms with E-state index in [9.17, 15) is 19.1 Å². The van der Waals surface area contributed by atoms with Crippen LogP contribution in [0.3, 0.4) is 0 Å². The summed E-state index contributed by atoms with van der Waals surface area (Å²) in [4.78, 5) is 31.4. The fourth-order valence-electron chi connectivity index (χ4n) is 4.94. The highest BCUT2D eigenvalue weighted by atomic mass is 19.1. The molecule has 4 rings (SSSR count). The summed E-state index contributed by atoms with van der Waals surface area (Å²) >= 11 is 0. The molecule has 0 bridgehead atoms. The van der Waals surface area contributed by atoms with Gasteiger partial charge in [-0.1, -0.05) is 36.4 Å². The standard InChI is InChI=1S/C32H39FN4O4/c33-26-10-6-8-24(22-26)23-30(38)36-29(32(39)40)16-19-37(20-21-41-28-12-2-1-3-13-28)18-5-4-11-27-15-14-25-9-7-17-34-31(25)35-27/h1-3,6,8,10,12-15,22,29H,4-5,7,9,11,16-21,23H2,(H,34,35)(H,36,38)(H,39,40). The Morgan fingerprint density at radius 3 is 2.71 bits per heavy atom. The van der Waals surface area contributed by atoms with Gasteiger partial charge in [0.2, 0.25) is 5.91 Å². The van der Waals surface area contributed by atoms with Crippen LogP contribution < -0.4 is 15.4 Å². The SMILES string of the molecule is O=C(Cc1cccc(F)c1)NC(CCN(CCCCc1ccc2c(n1)NCCC2)CCOc1ccccc1)C(=O)O. The van der Waals surface area contributed by atoms with Gasteiger partial charge in [-0.25, -0.2) is 14.2 Å². The molecule has 0 saturated carbocycles. The topological polar surface area (TPSA) is 104 Å². The third kappa shape index (κ3) is 10.2. The van der Waals surface area contributed by atoms with E-state index in [-0.39, 0.29) is 12.8 Å². The lowest BCUT2D eigenvalue weighted by molar-refractivity contribution is -0.142. The van der Waals surface area contributed by atoms with E-state index in [0.29, 0.717) is 25.3 Å². The van der Waals surface area contributed by atoms with Crippen molar-refractivity contribution in [3.63, 3.8) is 0 Å². The van der Waals surface area contributed by atoms with Gasteiger partial charge in [-0.3, -0.25) is 9.69 Å². The highest BCUT2D eigenvalue weighted by molar-refractivity contribution is 5.84. The molecule has 41 heavy (non-hydrogen) atoms. The summed E-state index contributed by atoms with van der Waals surface area (Å²) in [5.74, 6) is -0.183. The molecule has 3 aromatic rings. The fraction of sp³-hybridized carbons (Fsp3) is 0.406. The van der Waals surface area contributed by atoms with Crippen molar-refractivity contribution >= 4 is 17.7 Å². The molecule has 9 heteroatoms. The van der Waals surface area contributed by atoms with Crippen molar-refractivity contribution in [2.24, 2.45) is 0 Å². The van der Waals surface area contributed by atoms with E-state index < -0.39 is 23.7 Å². The minimum Gasteiger partial charge on any atom is -0.492 e. The number of carbonyl (C=O) groups is 2. The molecule has 2 heterocycles. The number of ether oxygens (including phenoxy) is 1. The largest absolute Gasteiger partial charge is 0.492 e. The summed E-state index contributed by atoms with van der Waals surface area (Å²) in [6.07, 6.45) is 5.11. The van der Waals surface area contributed by atoms with Crippen LogP contribution in [-0.2, 0) is 28.9 Å². The van der Waals surface area contributed by atoms with Gasteiger partial charge in [0.15, 0.2) is 0 Å². The van der Waals surface area contributed by atoms with Gasteiger partial charge in [0.05, 0.1) is 6.42 Å². The van der Waals surface area contributed by atoms with E-state index in [1.54, 1.807) is 6.07 Å². The molecule has 218 valence electrons. The molecule has 3 N–H and O–H groups in total. The number of aryl methyl sites for hydroxylation is 2. The van der Waals surface area contributed by atoms with Crippen molar-refractivity contribution in [1.82, 2.24) is 15.2 Å². The van der Waals surface area contributed by atoms with Gasteiger partial charge >= 0.3 is 5.97 Å². The van der Waals surface area contributed by atoms with Gasteiger partial charge in [0, 0.05) is 25.3 Å². The van der Waals surface area contributed by atoms with Crippen LogP contribution in [0.15, 0.2) is 66.7 Å². The molecule has 0 saturated heterocycles. The first-order chi connectivity index (χ1) is 20.0. The van der Waals surface area contributed by atoms with E-state index in [4.69, 9.17) is 9.72 Å². The van der Waals surface area contributed by atoms with Crippen LogP contribution in [0.1, 0.15) is 42.5 Å². The van der Waals surface area contributed by atoms with Gasteiger partial charge < -0.3 is 20.5 Å². The number of aromatic nitrogens is 1. The minimum atomic E-state index is -1.09. The van der Waals surface area contributed by atoms with Crippen LogP contribution in [0.2, 0.25) is 0 Å². The van der Waals surface area contributed by atoms with Gasteiger partial charge in [0.25, 0.3) is 0 Å². The maximum atomic E-state index is 13.5. The number of nitrogens with one attached hydrogen (secondary N) is 2. The second-order valence-corrected chi connectivity index (χ2v) is 10.4. The fourth-order valence-corrected chi connectivity index (χ4v) is 4.94. The monoisotopic (exact) mass is 562 g/mol. The van der Waals surface area contributed by atoms with Crippen molar-refractivity contribution in [2.75, 3.05) is 38.1 Å². The van der Waals surface area contributed by atoms with Crippen molar-refractivity contribution in [3.05, 3.63) is 89.4 Å². The summed E-state index contributed by atoms with van der Waals surface area (Å²) in [7, 11) is 0. The number of carboxylic acid groups (broad SMARTS) is 1. The van der Waals surface area contributed by atoms with Crippen LogP contribution in [0.25, 0.3) is 0 Å². The quantitative estimate of drug-likeness (QED) is 0.221. The average Bonchev–Trinajstić information content (AvgIpc) is 2.97. The van der Waals surface area contributed by atoms with E-state index >= 15 is 0 Å². The normalized spacial score (nSPS) is 13.2. The zero-order valence-electron chi connectivity index (χ0n) is 23.4. The van der Waals surface area contributed by atoms with Crippen molar-refractivity contribution < 1.29 is 23.8 Å². The molecule has 0 radical (unpaired) electrons. The van der Waals surface area contributed by atoms with Crippen LogP contribution in [-0.4, -0.2) is 65.7 Å². The van der Waals surface area contributed by atoms with Crippen molar-refractivity contribution in [3.8, 4) is 5.75 Å². The van der Waals surface area contributed by atoms with Gasteiger partial charge in [-0.15, -0.1) is 0 Å². The molecular formula is C32H39FN4O4. The maximum Gasteiger partial charge on any atom is 0.326 e. The smallest absolute Gasteiger partial charge is 0.326 e. The Labute approximate surface area is 240 Å². The van der Waals surface area contributed by atoms with Crippen LogP contribution >= 0.6 is 0 Å². The number of hydrogen-bond donors (Lipinski definition) is 3. The number of anilines is 1. The Morgan fingerprint density at radius 1 is 1.05 bits per heavy atom. The predicted molar refractivity (Wildman–Crippen MR) is 157 cm³/mol. The summed E-state index contributed by atoms with van der Waals surface area (Å²) in [5.41, 5.74) is 2.85. The molecule has 1 aliphatic rings. The van der Waals surface area contributed by atoms with Crippen molar-refractivity contribution in [2.45, 2.75) is 51.0 Å². The number of fused-ring (bicyclic) bond motifs is 1. The molecule has 1 aliphatic heterocycles. The van der Waals surface area contributed by atoms with Crippen molar-refractivity contribution in [1.29, 1.82) is 0 Å². The average molecular weight is 563 g/mol. The number of hydrogen-bond acceptors (Lipinski definition) is 6. The minimum absolute atomic E-state index is 0.0809. The van der Waals surface area contributed by atoms with Gasteiger partial charge in [-0.05, 0) is 86.5 Å². The Kier molecular flexibility index (Phi) is 11.5. The first-order valence-electron chi connectivity index (χ1n) is 14.4. The number of benzene rings is 2. The molecule has 0 fully saturated rings. The number of carboxylic acids is 1. The number of rotatable bonds is 16. The third-order valence-electron chi connectivity index (χ3n) is 7.15. The highest BCUT2D eigenvalue weighted by Gasteiger charge is 2.21. The first kappa shape index (κ1) is 30.0. The van der Waals surface area contributed by atoms with E-state index in [2.05, 4.69) is 27.7 Å². The first-order valence-corrected chi connectivity index (χ1v) is 14.4. The molecule has 1 aromatic heterocycles. The number of unbranched alkanes of at least 4 members (excludes halogenated alkanes) is 1. The number of nitrogens with zero attached hydrogens (tertiary/aromatic N) is 2. The predicted octanol–water partition coefficient (Wildman–Crippen LogP) is 4.48. The third-order valence-corrected chi connectivity index (χ3v) is 7.15. The number of para-hydroxylation sites is 1. The molecule has 1 unspecified atom stereocenters. The number of pyridine rings is 1. The maximum absolute atomic E-state index is 13.5. The summed E-state index contributed by atoms with van der Waals surface area (Å²) in [5, 5.41) is 15.8. The van der Waals surface area contributed by atoms with Crippen LogP contribution in [0.4, 0.5) is 10.2 Å². The number of amides is 1. The lowest BCUT2D eigenvalue weighted by atomic mass is 10.1. The number of halogens is 1. The molecule has 0 spiro atoms. The Balaban J connectivity index is 1.28. The molecule has 2 aromatic carbocycles. The molecule has 0 aliphatic carbocycles. The number of carbonyl (C=O) groups excluding carboxylic acids is 1. The highest BCUT2D eigenvalue weighted by Crippen LogP contribution is 2.20. The van der Waals surface area contributed by atoms with Gasteiger partial charge in [-0.2, -0.15) is 0 Å². The second-order valence-electron chi connectivity index (χ2n) is 10.4. The molecule has 1 atom stereocenters. The number of aliphatic carboxylic acids is 1. The lowest BCUT2D eigenvalue weighted by Gasteiger charge is -2.24. The summed E-state index contributed by atoms with van der Waals surface area (Å²) in [6, 6.07) is 18.6. The Morgan fingerprint density at radius 2 is 1.90 bits per heavy atom. The lowest BCUT2D eigenvalue weighted by Crippen LogP contribution is -2.44. The van der Waals surface area contributed by atoms with E-state index in [1.165, 1.54) is 23.8 Å². The van der Waals surface area contributed by atoms with Crippen LogP contribution in [0, 0.1) is 5.82 Å². The molecule has 1 amide bonds. The zero-order chi connectivity index (χ0) is 28.9. The summed E-state index contributed by atoms with van der Waals surface area (Å²) < 4.78 is 19.4. The zero-order valence-corrected chi connectivity index (χ0v) is 23.4. The van der Waals surface area contributed by atoms with E-state index in [1.807, 2.05) is 30.3 Å². The second kappa shape index (κ2) is 15.7. The molecule has 8 nitrogen and oxygen atoms in total. The van der Waals surface area contributed by atoms with Gasteiger partial charge in [0.1, 0.15) is 30.0 Å². The summed E-state index contributed by atoms with van der Waals surface area (Å²) in [6.45, 7) is 3.30. The Bertz CT molecular complexity index is 1270. The molecular weight excluding hydrogens is 523 g/mol. The Hall–Kier alpha value is -3.98. The van der Waals surface area contributed by atoms with E-state index in [0.717, 1.165) is 62.5 Å².